The van der Waals surface area contributed by atoms with Crippen LogP contribution in [0.4, 0.5) is 13.6 Å². The largest absolute Gasteiger partial charge is 0.377 e. The first-order valence-corrected chi connectivity index (χ1v) is 9.11. The Morgan fingerprint density at radius 1 is 1.48 bits per heavy atom. The number of nitrogens with two attached hydrogens (primary N) is 1. The molecular weight excluding hydrogens is 330 g/mol. The topological polar surface area (TPSA) is 79.6 Å². The van der Waals surface area contributed by atoms with Gasteiger partial charge in [-0.1, -0.05) is 13.3 Å². The van der Waals surface area contributed by atoms with Crippen LogP contribution in [0, 0.1) is 0 Å². The smallest absolute Gasteiger partial charge is 0.315 e. The van der Waals surface area contributed by atoms with Gasteiger partial charge in [-0.05, 0) is 26.7 Å². The highest BCUT2D eigenvalue weighted by Gasteiger charge is 2.34. The van der Waals surface area contributed by atoms with Gasteiger partial charge in [0.25, 0.3) is 0 Å². The first-order chi connectivity index (χ1) is 11.8. The quantitative estimate of drug-likeness (QED) is 0.487. The monoisotopic (exact) mass is 364 g/mol. The van der Waals surface area contributed by atoms with Crippen LogP contribution in [-0.2, 0) is 4.74 Å². The molecule has 0 aromatic rings. The summed E-state index contributed by atoms with van der Waals surface area (Å²) in [7, 11) is 0. The number of hydrogen-bond donors (Lipinski definition) is 3. The van der Waals surface area contributed by atoms with Crippen LogP contribution in [0.5, 0.6) is 0 Å². The Morgan fingerprint density at radius 3 is 2.80 bits per heavy atom. The molecule has 1 aliphatic rings. The van der Waals surface area contributed by atoms with E-state index in [-0.39, 0.29) is 43.4 Å². The Labute approximate surface area is 149 Å². The van der Waals surface area contributed by atoms with Gasteiger partial charge in [0.2, 0.25) is 0 Å². The average Bonchev–Trinajstić information content (AvgIpc) is 2.87. The molecule has 0 bridgehead atoms. The van der Waals surface area contributed by atoms with Crippen molar-refractivity contribution in [3.8, 4) is 0 Å². The molecule has 1 aliphatic heterocycles. The van der Waals surface area contributed by atoms with Crippen molar-refractivity contribution >= 4 is 6.03 Å². The zero-order valence-electron chi connectivity index (χ0n) is 15.7. The third kappa shape index (κ3) is 8.29. The van der Waals surface area contributed by atoms with Gasteiger partial charge in [-0.25, -0.2) is 13.6 Å². The van der Waals surface area contributed by atoms with Crippen molar-refractivity contribution in [1.29, 1.82) is 0 Å². The number of ether oxygens (including phenoxy) is 1. The third-order valence-electron chi connectivity index (χ3n) is 4.41. The summed E-state index contributed by atoms with van der Waals surface area (Å²) in [5.74, 6) is 0. The minimum atomic E-state index is -1.13. The third-order valence-corrected chi connectivity index (χ3v) is 4.41. The Bertz CT molecular complexity index is 399. The number of carbonyl (C=O) groups is 1. The van der Waals surface area contributed by atoms with Crippen molar-refractivity contribution in [2.75, 3.05) is 39.5 Å². The van der Waals surface area contributed by atoms with Crippen LogP contribution >= 0.6 is 0 Å². The van der Waals surface area contributed by atoms with Gasteiger partial charge in [0, 0.05) is 37.3 Å². The molecule has 8 heteroatoms. The van der Waals surface area contributed by atoms with Gasteiger partial charge < -0.3 is 21.1 Å². The maximum Gasteiger partial charge on any atom is 0.315 e. The first kappa shape index (κ1) is 22.1. The fourth-order valence-corrected chi connectivity index (χ4v) is 3.31. The molecule has 1 rings (SSSR count). The van der Waals surface area contributed by atoms with Crippen LogP contribution in [0.25, 0.3) is 0 Å². The van der Waals surface area contributed by atoms with Crippen LogP contribution in [0.3, 0.4) is 0 Å². The molecule has 2 amide bonds. The number of nitrogens with zero attached hydrogens (tertiary/aromatic N) is 1. The lowest BCUT2D eigenvalue weighted by Crippen LogP contribution is -2.51. The van der Waals surface area contributed by atoms with E-state index in [9.17, 15) is 13.6 Å². The second kappa shape index (κ2) is 10.9. The first-order valence-electron chi connectivity index (χ1n) is 9.11. The van der Waals surface area contributed by atoms with Gasteiger partial charge >= 0.3 is 6.03 Å². The van der Waals surface area contributed by atoms with Gasteiger partial charge in [-0.2, -0.15) is 0 Å². The summed E-state index contributed by atoms with van der Waals surface area (Å²) < 4.78 is 31.2. The minimum absolute atomic E-state index is 0.0318. The molecule has 0 unspecified atom stereocenters. The Balaban J connectivity index is 2.55. The molecule has 3 atom stereocenters. The molecule has 1 saturated heterocycles. The Kier molecular flexibility index (Phi) is 9.60. The highest BCUT2D eigenvalue weighted by atomic mass is 19.1. The number of nitrogens with one attached hydrogen (secondary N) is 2. The number of likely N-dealkylation sites (tertiary alicyclic amines) is 1. The molecule has 0 aromatic heterocycles. The predicted octanol–water partition coefficient (Wildman–Crippen LogP) is 1.59. The van der Waals surface area contributed by atoms with E-state index in [1.165, 1.54) is 0 Å². The standard InChI is InChI=1S/C17H34F2N4O2/c1-4-5-17(2,3)22-16(24)21-14-8-15(12-25-7-6-18)23(11-14)10-13(19)9-20/h13-15H,4-12,20H2,1-3H3,(H2,21,22,24)/t13-,14+,15-/m0/s1. The van der Waals surface area contributed by atoms with Crippen molar-refractivity contribution in [3.05, 3.63) is 0 Å². The van der Waals surface area contributed by atoms with Crippen molar-refractivity contribution in [2.45, 2.75) is 63.8 Å². The van der Waals surface area contributed by atoms with Gasteiger partial charge in [0.1, 0.15) is 12.8 Å². The summed E-state index contributed by atoms with van der Waals surface area (Å²) in [6.45, 7) is 6.54. The molecule has 6 nitrogen and oxygen atoms in total. The van der Waals surface area contributed by atoms with Crippen molar-refractivity contribution in [1.82, 2.24) is 15.5 Å². The zero-order chi connectivity index (χ0) is 18.9. The minimum Gasteiger partial charge on any atom is -0.377 e. The van der Waals surface area contributed by atoms with Gasteiger partial charge in [-0.3, -0.25) is 4.90 Å². The summed E-state index contributed by atoms with van der Waals surface area (Å²) in [5, 5.41) is 5.93. The van der Waals surface area contributed by atoms with Gasteiger partial charge in [-0.15, -0.1) is 0 Å². The van der Waals surface area contributed by atoms with Gasteiger partial charge in [0.15, 0.2) is 0 Å². The molecule has 25 heavy (non-hydrogen) atoms. The molecule has 0 saturated carbocycles. The van der Waals surface area contributed by atoms with Crippen LogP contribution in [0.2, 0.25) is 0 Å². The molecule has 148 valence electrons. The number of halogens is 2. The Morgan fingerprint density at radius 2 is 2.20 bits per heavy atom. The zero-order valence-corrected chi connectivity index (χ0v) is 15.7. The molecule has 0 radical (unpaired) electrons. The van der Waals surface area contributed by atoms with E-state index in [4.69, 9.17) is 10.5 Å². The van der Waals surface area contributed by atoms with Crippen LogP contribution in [0.15, 0.2) is 0 Å². The van der Waals surface area contributed by atoms with Crippen molar-refractivity contribution in [2.24, 2.45) is 5.73 Å². The molecule has 4 N–H and O–H groups in total. The van der Waals surface area contributed by atoms with E-state index in [1.54, 1.807) is 0 Å². The molecular formula is C17H34F2N4O2. The van der Waals surface area contributed by atoms with E-state index >= 15 is 0 Å². The SMILES string of the molecule is CCCC(C)(C)NC(=O)N[C@@H]1C[C@@H](COCCF)N(C[C@@H](F)CN)C1. The summed E-state index contributed by atoms with van der Waals surface area (Å²) >= 11 is 0. The fourth-order valence-electron chi connectivity index (χ4n) is 3.31. The number of amides is 2. The molecule has 0 aliphatic carbocycles. The lowest BCUT2D eigenvalue weighted by atomic mass is 9.99. The number of alkyl halides is 2. The van der Waals surface area contributed by atoms with Crippen LogP contribution < -0.4 is 16.4 Å². The van der Waals surface area contributed by atoms with E-state index in [0.29, 0.717) is 19.6 Å². The number of carbonyl (C=O) groups excluding carboxylic acids is 1. The second-order valence-electron chi connectivity index (χ2n) is 7.37. The van der Waals surface area contributed by atoms with E-state index in [2.05, 4.69) is 17.6 Å². The van der Waals surface area contributed by atoms with Crippen molar-refractivity contribution in [3.63, 3.8) is 0 Å². The van der Waals surface area contributed by atoms with Crippen molar-refractivity contribution < 1.29 is 18.3 Å². The number of urea groups is 1. The van der Waals surface area contributed by atoms with Crippen LogP contribution in [-0.4, -0.2) is 74.2 Å². The number of rotatable bonds is 11. The highest BCUT2D eigenvalue weighted by Crippen LogP contribution is 2.19. The molecule has 1 heterocycles. The summed E-state index contributed by atoms with van der Waals surface area (Å²) in [6.07, 6.45) is 1.39. The summed E-state index contributed by atoms with van der Waals surface area (Å²) in [4.78, 5) is 14.2. The van der Waals surface area contributed by atoms with E-state index < -0.39 is 12.8 Å². The average molecular weight is 364 g/mol. The summed E-state index contributed by atoms with van der Waals surface area (Å²) in [6, 6.07) is -0.365. The highest BCUT2D eigenvalue weighted by molar-refractivity contribution is 5.75. The lowest BCUT2D eigenvalue weighted by Gasteiger charge is -2.27. The van der Waals surface area contributed by atoms with Gasteiger partial charge in [0.05, 0.1) is 13.2 Å². The Hall–Kier alpha value is -0.990. The van der Waals surface area contributed by atoms with E-state index in [1.807, 2.05) is 18.7 Å². The molecule has 1 fully saturated rings. The van der Waals surface area contributed by atoms with E-state index in [0.717, 1.165) is 12.8 Å². The van der Waals surface area contributed by atoms with Crippen LogP contribution in [0.1, 0.15) is 40.0 Å². The lowest BCUT2D eigenvalue weighted by molar-refractivity contribution is 0.0607. The normalized spacial score (nSPS) is 22.8. The molecule has 0 aromatic carbocycles. The maximum atomic E-state index is 13.7. The maximum absolute atomic E-state index is 13.7. The number of hydrogen-bond acceptors (Lipinski definition) is 4. The summed E-state index contributed by atoms with van der Waals surface area (Å²) in [5.41, 5.74) is 5.09. The predicted molar refractivity (Wildman–Crippen MR) is 95.2 cm³/mol. The molecule has 0 spiro atoms. The fraction of sp³-hybridized carbons (Fsp3) is 0.941. The second-order valence-corrected chi connectivity index (χ2v) is 7.37.